The zero-order chi connectivity index (χ0) is 16.3. The molecule has 0 heterocycles. The molecule has 2 amide bonds. The monoisotopic (exact) mass is 318 g/mol. The highest BCUT2D eigenvalue weighted by molar-refractivity contribution is 5.86. The van der Waals surface area contributed by atoms with Crippen molar-refractivity contribution in [3.8, 4) is 0 Å². The second kappa shape index (κ2) is 6.33. The molecule has 1 aliphatic carbocycles. The summed E-state index contributed by atoms with van der Waals surface area (Å²) >= 11 is 0. The first-order chi connectivity index (χ1) is 10.3. The lowest BCUT2D eigenvalue weighted by atomic mass is 10.1. The maximum atomic E-state index is 12.9. The first-order valence-corrected chi connectivity index (χ1v) is 6.67. The second-order valence-electron chi connectivity index (χ2n) is 5.07. The minimum Gasteiger partial charge on any atom is -0.350 e. The van der Waals surface area contributed by atoms with Crippen molar-refractivity contribution in [1.82, 2.24) is 10.6 Å². The molecule has 4 nitrogen and oxygen atoms in total. The Bertz CT molecular complexity index is 583. The van der Waals surface area contributed by atoms with Crippen molar-refractivity contribution in [2.45, 2.75) is 25.6 Å². The zero-order valence-electron chi connectivity index (χ0n) is 11.5. The van der Waals surface area contributed by atoms with Crippen LogP contribution in [0.15, 0.2) is 18.2 Å². The van der Waals surface area contributed by atoms with Crippen LogP contribution in [-0.4, -0.2) is 18.4 Å². The van der Waals surface area contributed by atoms with Gasteiger partial charge in [-0.25, -0.2) is 4.39 Å². The lowest BCUT2D eigenvalue weighted by Crippen LogP contribution is -2.37. The zero-order valence-corrected chi connectivity index (χ0v) is 11.5. The van der Waals surface area contributed by atoms with Crippen molar-refractivity contribution >= 4 is 11.8 Å². The van der Waals surface area contributed by atoms with Crippen molar-refractivity contribution in [3.63, 3.8) is 0 Å². The van der Waals surface area contributed by atoms with Crippen LogP contribution in [0, 0.1) is 11.7 Å². The van der Waals surface area contributed by atoms with Gasteiger partial charge in [-0.2, -0.15) is 13.2 Å². The van der Waals surface area contributed by atoms with Crippen molar-refractivity contribution in [3.05, 3.63) is 35.1 Å². The Balaban J connectivity index is 1.90. The van der Waals surface area contributed by atoms with Crippen LogP contribution in [0.2, 0.25) is 0 Å². The molecule has 1 aliphatic rings. The van der Waals surface area contributed by atoms with Gasteiger partial charge in [0.25, 0.3) is 0 Å². The minimum atomic E-state index is -4.71. The molecule has 0 radical (unpaired) electrons. The van der Waals surface area contributed by atoms with Gasteiger partial charge in [0.05, 0.1) is 12.1 Å². The molecule has 0 unspecified atom stereocenters. The van der Waals surface area contributed by atoms with E-state index in [9.17, 15) is 27.2 Å². The van der Waals surface area contributed by atoms with E-state index in [4.69, 9.17) is 0 Å². The molecule has 1 saturated carbocycles. The van der Waals surface area contributed by atoms with Gasteiger partial charge in [-0.3, -0.25) is 9.59 Å². The summed E-state index contributed by atoms with van der Waals surface area (Å²) in [4.78, 5) is 22.8. The fraction of sp³-hybridized carbons (Fsp3) is 0.429. The Hall–Kier alpha value is -2.12. The van der Waals surface area contributed by atoms with Gasteiger partial charge in [0, 0.05) is 12.5 Å². The third kappa shape index (κ3) is 4.44. The standard InChI is InChI=1S/C14H14F4N2O2/c15-10-4-3-9(11(5-10)14(16,17)18)6-19-12(21)7-20-13(22)8-1-2-8/h3-5,8H,1-2,6-7H2,(H,19,21)(H,20,22). The van der Waals surface area contributed by atoms with Crippen LogP contribution >= 0.6 is 0 Å². The first-order valence-electron chi connectivity index (χ1n) is 6.67. The first kappa shape index (κ1) is 16.3. The van der Waals surface area contributed by atoms with Crippen molar-refractivity contribution in [2.24, 2.45) is 5.92 Å². The normalized spacial score (nSPS) is 14.5. The fourth-order valence-electron chi connectivity index (χ4n) is 1.88. The van der Waals surface area contributed by atoms with Gasteiger partial charge in [0.2, 0.25) is 11.8 Å². The van der Waals surface area contributed by atoms with Crippen molar-refractivity contribution in [1.29, 1.82) is 0 Å². The van der Waals surface area contributed by atoms with Gasteiger partial charge in [-0.05, 0) is 30.5 Å². The van der Waals surface area contributed by atoms with Gasteiger partial charge in [0.1, 0.15) is 5.82 Å². The fourth-order valence-corrected chi connectivity index (χ4v) is 1.88. The van der Waals surface area contributed by atoms with E-state index in [1.807, 2.05) is 0 Å². The summed E-state index contributed by atoms with van der Waals surface area (Å²) in [5.41, 5.74) is -1.37. The van der Waals surface area contributed by atoms with Crippen LogP contribution in [0.3, 0.4) is 0 Å². The molecule has 0 saturated heterocycles. The van der Waals surface area contributed by atoms with Crippen LogP contribution in [0.1, 0.15) is 24.0 Å². The number of halogens is 4. The summed E-state index contributed by atoms with van der Waals surface area (Å²) in [6.07, 6.45) is -3.13. The van der Waals surface area contributed by atoms with E-state index in [0.717, 1.165) is 25.0 Å². The Morgan fingerprint density at radius 1 is 1.18 bits per heavy atom. The smallest absolute Gasteiger partial charge is 0.350 e. The van der Waals surface area contributed by atoms with E-state index < -0.39 is 30.0 Å². The summed E-state index contributed by atoms with van der Waals surface area (Å²) in [6.45, 7) is -0.689. The van der Waals surface area contributed by atoms with Gasteiger partial charge >= 0.3 is 6.18 Å². The van der Waals surface area contributed by atoms with E-state index in [1.165, 1.54) is 0 Å². The summed E-state index contributed by atoms with van der Waals surface area (Å²) in [5, 5.41) is 4.67. The summed E-state index contributed by atoms with van der Waals surface area (Å²) in [6, 6.07) is 2.25. The third-order valence-electron chi connectivity index (χ3n) is 3.22. The van der Waals surface area contributed by atoms with Crippen LogP contribution in [0.4, 0.5) is 17.6 Å². The molecule has 1 aromatic rings. The Labute approximate surface area is 123 Å². The number of carbonyl (C=O) groups excluding carboxylic acids is 2. The predicted octanol–water partition coefficient (Wildman–Crippen LogP) is 1.99. The average molecular weight is 318 g/mol. The molecule has 22 heavy (non-hydrogen) atoms. The van der Waals surface area contributed by atoms with E-state index in [0.29, 0.717) is 6.07 Å². The SMILES string of the molecule is O=C(CNC(=O)C1CC1)NCc1ccc(F)cc1C(F)(F)F. The largest absolute Gasteiger partial charge is 0.416 e. The number of rotatable bonds is 5. The van der Waals surface area contributed by atoms with Gasteiger partial charge in [-0.1, -0.05) is 6.07 Å². The maximum absolute atomic E-state index is 12.9. The third-order valence-corrected chi connectivity index (χ3v) is 3.22. The van der Waals surface area contributed by atoms with E-state index in [1.54, 1.807) is 0 Å². The quantitative estimate of drug-likeness (QED) is 0.816. The highest BCUT2D eigenvalue weighted by Crippen LogP contribution is 2.32. The van der Waals surface area contributed by atoms with E-state index >= 15 is 0 Å². The van der Waals surface area contributed by atoms with E-state index in [2.05, 4.69) is 10.6 Å². The van der Waals surface area contributed by atoms with Gasteiger partial charge in [0.15, 0.2) is 0 Å². The number of carbonyl (C=O) groups is 2. The molecule has 0 aliphatic heterocycles. The lowest BCUT2D eigenvalue weighted by Gasteiger charge is -2.13. The molecule has 2 rings (SSSR count). The number of benzene rings is 1. The van der Waals surface area contributed by atoms with Crippen LogP contribution in [0.5, 0.6) is 0 Å². The van der Waals surface area contributed by atoms with Crippen molar-refractivity contribution in [2.75, 3.05) is 6.54 Å². The summed E-state index contributed by atoms with van der Waals surface area (Å²) < 4.78 is 51.2. The maximum Gasteiger partial charge on any atom is 0.416 e. The number of nitrogens with one attached hydrogen (secondary N) is 2. The molecule has 0 atom stereocenters. The van der Waals surface area contributed by atoms with Crippen LogP contribution < -0.4 is 10.6 Å². The molecule has 0 spiro atoms. The number of amides is 2. The molecule has 0 bridgehead atoms. The number of hydrogen-bond acceptors (Lipinski definition) is 2. The van der Waals surface area contributed by atoms with E-state index in [-0.39, 0.29) is 23.9 Å². The molecule has 2 N–H and O–H groups in total. The van der Waals surface area contributed by atoms with Crippen LogP contribution in [-0.2, 0) is 22.3 Å². The van der Waals surface area contributed by atoms with Gasteiger partial charge < -0.3 is 10.6 Å². The Morgan fingerprint density at radius 2 is 1.86 bits per heavy atom. The number of hydrogen-bond donors (Lipinski definition) is 2. The number of alkyl halides is 3. The molecule has 0 aromatic heterocycles. The lowest BCUT2D eigenvalue weighted by molar-refractivity contribution is -0.138. The molecular weight excluding hydrogens is 304 g/mol. The molecule has 1 aromatic carbocycles. The highest BCUT2D eigenvalue weighted by atomic mass is 19.4. The van der Waals surface area contributed by atoms with Crippen molar-refractivity contribution < 1.29 is 27.2 Å². The Morgan fingerprint density at radius 3 is 2.45 bits per heavy atom. The minimum absolute atomic E-state index is 0.0540. The molecule has 1 fully saturated rings. The topological polar surface area (TPSA) is 58.2 Å². The van der Waals surface area contributed by atoms with Gasteiger partial charge in [-0.15, -0.1) is 0 Å². The predicted molar refractivity (Wildman–Crippen MR) is 69.0 cm³/mol. The Kier molecular flexibility index (Phi) is 4.68. The molecule has 8 heteroatoms. The van der Waals surface area contributed by atoms with Crippen LogP contribution in [0.25, 0.3) is 0 Å². The summed E-state index contributed by atoms with van der Waals surface area (Å²) in [7, 11) is 0. The summed E-state index contributed by atoms with van der Waals surface area (Å²) in [5.74, 6) is -1.89. The molecular formula is C14H14F4N2O2. The second-order valence-corrected chi connectivity index (χ2v) is 5.07. The highest BCUT2D eigenvalue weighted by Gasteiger charge is 2.34. The molecule has 120 valence electrons. The average Bonchev–Trinajstić information content (AvgIpc) is 3.27.